The lowest BCUT2D eigenvalue weighted by Gasteiger charge is -2.07. The lowest BCUT2D eigenvalue weighted by Crippen LogP contribution is -2.34. The molecule has 8 nitrogen and oxygen atoms in total. The van der Waals surface area contributed by atoms with Gasteiger partial charge >= 0.3 is 5.97 Å². The Kier molecular flexibility index (Phi) is 9.66. The van der Waals surface area contributed by atoms with Crippen LogP contribution in [0.25, 0.3) is 10.1 Å². The molecule has 0 bridgehead atoms. The van der Waals surface area contributed by atoms with E-state index in [-0.39, 0.29) is 12.5 Å². The number of carbonyl (C=O) groups is 3. The van der Waals surface area contributed by atoms with Crippen molar-refractivity contribution in [2.75, 3.05) is 13.2 Å². The summed E-state index contributed by atoms with van der Waals surface area (Å²) in [4.78, 5) is 37.4. The van der Waals surface area contributed by atoms with Gasteiger partial charge in [-0.3, -0.25) is 9.59 Å². The normalized spacial score (nSPS) is 10.9. The number of hydrogen-bond donors (Lipinski definition) is 2. The third-order valence-corrected chi connectivity index (χ3v) is 7.14. The highest BCUT2D eigenvalue weighted by Gasteiger charge is 2.19. The van der Waals surface area contributed by atoms with Gasteiger partial charge in [0.05, 0.1) is 24.4 Å². The van der Waals surface area contributed by atoms with Gasteiger partial charge in [-0.1, -0.05) is 55.3 Å². The highest BCUT2D eigenvalue weighted by Crippen LogP contribution is 2.35. The molecule has 0 saturated carbocycles. The second-order valence-corrected chi connectivity index (χ2v) is 9.84. The van der Waals surface area contributed by atoms with Gasteiger partial charge in [-0.05, 0) is 54.4 Å². The summed E-state index contributed by atoms with van der Waals surface area (Å²) in [6.07, 6.45) is 3.40. The van der Waals surface area contributed by atoms with Crippen molar-refractivity contribution < 1.29 is 23.9 Å². The summed E-state index contributed by atoms with van der Waals surface area (Å²) < 4.78 is 12.0. The van der Waals surface area contributed by atoms with Gasteiger partial charge in [0, 0.05) is 15.6 Å². The number of fused-ring (bicyclic) bond motifs is 1. The Morgan fingerprint density at radius 3 is 2.56 bits per heavy atom. The van der Waals surface area contributed by atoms with Gasteiger partial charge in [0.15, 0.2) is 0 Å². The fourth-order valence-corrected chi connectivity index (χ4v) is 4.86. The van der Waals surface area contributed by atoms with Gasteiger partial charge in [-0.25, -0.2) is 10.2 Å². The van der Waals surface area contributed by atoms with Gasteiger partial charge in [0.1, 0.15) is 16.4 Å². The molecule has 39 heavy (non-hydrogen) atoms. The van der Waals surface area contributed by atoms with Crippen LogP contribution >= 0.6 is 22.9 Å². The maximum Gasteiger partial charge on any atom is 0.355 e. The molecule has 0 aliphatic rings. The van der Waals surface area contributed by atoms with Crippen LogP contribution in [-0.4, -0.2) is 37.1 Å². The van der Waals surface area contributed by atoms with Crippen LogP contribution in [0.2, 0.25) is 5.02 Å². The van der Waals surface area contributed by atoms with E-state index in [4.69, 9.17) is 21.1 Å². The van der Waals surface area contributed by atoms with E-state index in [1.165, 1.54) is 17.6 Å². The zero-order valence-electron chi connectivity index (χ0n) is 21.1. The van der Waals surface area contributed by atoms with E-state index < -0.39 is 11.9 Å². The SMILES string of the molecule is CCCCOc1ccc(C(=O)NCC(=O)N/N=C/c2cccc(OC(=O)c3sc4ccccc4c3Cl)c2)cc1. The number of hydrazone groups is 1. The van der Waals surface area contributed by atoms with Crippen LogP contribution in [0, 0.1) is 0 Å². The second kappa shape index (κ2) is 13.5. The number of esters is 1. The second-order valence-electron chi connectivity index (χ2n) is 8.41. The lowest BCUT2D eigenvalue weighted by molar-refractivity contribution is -0.120. The van der Waals surface area contributed by atoms with E-state index in [0.29, 0.717) is 39.1 Å². The van der Waals surface area contributed by atoms with Crippen molar-refractivity contribution in [3.8, 4) is 11.5 Å². The van der Waals surface area contributed by atoms with Crippen molar-refractivity contribution in [3.63, 3.8) is 0 Å². The van der Waals surface area contributed by atoms with Crippen molar-refractivity contribution in [1.29, 1.82) is 0 Å². The number of ether oxygens (including phenoxy) is 2. The Hall–Kier alpha value is -4.21. The minimum absolute atomic E-state index is 0.251. The molecule has 0 unspecified atom stereocenters. The first-order valence-electron chi connectivity index (χ1n) is 12.3. The standard InChI is InChI=1S/C29H26ClN3O5S/c1-2-3-15-37-21-13-11-20(12-14-21)28(35)31-18-25(34)33-32-17-19-7-6-8-22(16-19)38-29(36)27-26(30)23-9-4-5-10-24(23)39-27/h4-14,16-17H,2-3,15,18H2,1H3,(H,31,35)(H,33,34)/b32-17+. The minimum Gasteiger partial charge on any atom is -0.494 e. The highest BCUT2D eigenvalue weighted by atomic mass is 35.5. The minimum atomic E-state index is -0.557. The van der Waals surface area contributed by atoms with Gasteiger partial charge in [0.25, 0.3) is 11.8 Å². The van der Waals surface area contributed by atoms with Crippen LogP contribution in [0.15, 0.2) is 77.9 Å². The van der Waals surface area contributed by atoms with Gasteiger partial charge in [-0.2, -0.15) is 5.10 Å². The molecule has 3 aromatic carbocycles. The number of halogens is 1. The summed E-state index contributed by atoms with van der Waals surface area (Å²) in [5, 5.41) is 7.62. The van der Waals surface area contributed by atoms with Gasteiger partial charge in [-0.15, -0.1) is 11.3 Å². The quantitative estimate of drug-likeness (QED) is 0.0784. The molecule has 0 fully saturated rings. The molecule has 2 amide bonds. The zero-order chi connectivity index (χ0) is 27.6. The Morgan fingerprint density at radius 2 is 1.79 bits per heavy atom. The molecule has 0 spiro atoms. The molecule has 0 aliphatic heterocycles. The van der Waals surface area contributed by atoms with E-state index >= 15 is 0 Å². The summed E-state index contributed by atoms with van der Waals surface area (Å²) >= 11 is 7.64. The fraction of sp³-hybridized carbons (Fsp3) is 0.172. The maximum atomic E-state index is 12.7. The average Bonchev–Trinajstić information content (AvgIpc) is 3.29. The number of nitrogens with one attached hydrogen (secondary N) is 2. The van der Waals surface area contributed by atoms with E-state index in [2.05, 4.69) is 22.8 Å². The summed E-state index contributed by atoms with van der Waals surface area (Å²) in [6, 6.07) is 20.9. The van der Waals surface area contributed by atoms with Crippen molar-refractivity contribution in [2.45, 2.75) is 19.8 Å². The van der Waals surface area contributed by atoms with E-state index in [1.807, 2.05) is 24.3 Å². The molecule has 10 heteroatoms. The molecule has 0 radical (unpaired) electrons. The number of unbranched alkanes of at least 4 members (excludes halogenated alkanes) is 1. The van der Waals surface area contributed by atoms with Crippen LogP contribution < -0.4 is 20.2 Å². The van der Waals surface area contributed by atoms with Crippen LogP contribution in [0.1, 0.15) is 45.4 Å². The number of carbonyl (C=O) groups excluding carboxylic acids is 3. The molecule has 4 rings (SSSR count). The molecule has 0 aliphatic carbocycles. The molecular formula is C29H26ClN3O5S. The molecule has 2 N–H and O–H groups in total. The first kappa shape index (κ1) is 27.8. The number of nitrogens with zero attached hydrogens (tertiary/aromatic N) is 1. The van der Waals surface area contributed by atoms with Crippen molar-refractivity contribution in [1.82, 2.24) is 10.7 Å². The Morgan fingerprint density at radius 1 is 1.00 bits per heavy atom. The van der Waals surface area contributed by atoms with Crippen LogP contribution in [0.5, 0.6) is 11.5 Å². The number of hydrogen-bond acceptors (Lipinski definition) is 7. The summed E-state index contributed by atoms with van der Waals surface area (Å²) in [5.41, 5.74) is 3.36. The van der Waals surface area contributed by atoms with E-state index in [1.54, 1.807) is 48.5 Å². The average molecular weight is 564 g/mol. The maximum absolute atomic E-state index is 12.7. The first-order chi connectivity index (χ1) is 18.9. The topological polar surface area (TPSA) is 106 Å². The highest BCUT2D eigenvalue weighted by molar-refractivity contribution is 7.21. The predicted octanol–water partition coefficient (Wildman–Crippen LogP) is 5.83. The monoisotopic (exact) mass is 563 g/mol. The van der Waals surface area contributed by atoms with E-state index in [9.17, 15) is 14.4 Å². The van der Waals surface area contributed by atoms with Crippen LogP contribution in [0.4, 0.5) is 0 Å². The zero-order valence-corrected chi connectivity index (χ0v) is 22.7. The molecule has 0 atom stereocenters. The van der Waals surface area contributed by atoms with Gasteiger partial charge < -0.3 is 14.8 Å². The number of amides is 2. The molecular weight excluding hydrogens is 538 g/mol. The largest absolute Gasteiger partial charge is 0.494 e. The molecule has 200 valence electrons. The Balaban J connectivity index is 1.25. The molecule has 0 saturated heterocycles. The van der Waals surface area contributed by atoms with Crippen LogP contribution in [-0.2, 0) is 4.79 Å². The summed E-state index contributed by atoms with van der Waals surface area (Å²) in [7, 11) is 0. The first-order valence-corrected chi connectivity index (χ1v) is 13.5. The molecule has 4 aromatic rings. The smallest absolute Gasteiger partial charge is 0.355 e. The summed E-state index contributed by atoms with van der Waals surface area (Å²) in [5.74, 6) is -0.450. The third kappa shape index (κ3) is 7.66. The Labute approximate surface area is 234 Å². The van der Waals surface area contributed by atoms with Gasteiger partial charge in [0.2, 0.25) is 0 Å². The number of thiophene rings is 1. The third-order valence-electron chi connectivity index (χ3n) is 5.48. The van der Waals surface area contributed by atoms with E-state index in [0.717, 1.165) is 22.9 Å². The van der Waals surface area contributed by atoms with Crippen molar-refractivity contribution in [2.24, 2.45) is 5.10 Å². The molecule has 1 aromatic heterocycles. The van der Waals surface area contributed by atoms with Crippen LogP contribution in [0.3, 0.4) is 0 Å². The van der Waals surface area contributed by atoms with Crippen molar-refractivity contribution >= 4 is 57.0 Å². The molecule has 1 heterocycles. The number of benzene rings is 3. The Bertz CT molecular complexity index is 1500. The number of rotatable bonds is 11. The fourth-order valence-electron chi connectivity index (χ4n) is 3.47. The lowest BCUT2D eigenvalue weighted by atomic mass is 10.2. The summed E-state index contributed by atoms with van der Waals surface area (Å²) in [6.45, 7) is 2.46. The predicted molar refractivity (Wildman–Crippen MR) is 153 cm³/mol. The van der Waals surface area contributed by atoms with Crippen molar-refractivity contribution in [3.05, 3.63) is 93.8 Å².